The van der Waals surface area contributed by atoms with E-state index < -0.39 is 10.8 Å². The molecule has 0 bridgehead atoms. The molecule has 3 unspecified atom stereocenters. The van der Waals surface area contributed by atoms with E-state index in [1.54, 1.807) is 18.7 Å². The van der Waals surface area contributed by atoms with E-state index in [9.17, 15) is 4.79 Å². The van der Waals surface area contributed by atoms with Gasteiger partial charge in [0.2, 0.25) is 5.91 Å². The summed E-state index contributed by atoms with van der Waals surface area (Å²) in [4.78, 5) is 15.3. The minimum atomic E-state index is -0.531. The highest BCUT2D eigenvalue weighted by molar-refractivity contribution is 8.01. The predicted octanol–water partition coefficient (Wildman–Crippen LogP) is 5.48. The molecule has 0 radical (unpaired) electrons. The van der Waals surface area contributed by atoms with Crippen LogP contribution in [0.5, 0.6) is 0 Å². The number of nitrogens with one attached hydrogen (secondary N) is 1. The van der Waals surface area contributed by atoms with Crippen LogP contribution in [0.2, 0.25) is 0 Å². The molecular weight excluding hydrogens is 392 g/mol. The summed E-state index contributed by atoms with van der Waals surface area (Å²) in [6.07, 6.45) is 0. The van der Waals surface area contributed by atoms with Gasteiger partial charge in [-0.1, -0.05) is 103 Å². The molecule has 3 aromatic carbocycles. The maximum absolute atomic E-state index is 12.3. The number of nitrogens with zero attached hydrogens (tertiary/aromatic N) is 3. The highest BCUT2D eigenvalue weighted by atomic mass is 32.2. The number of rotatable bonds is 7. The summed E-state index contributed by atoms with van der Waals surface area (Å²) in [7, 11) is 0. The Kier molecular flexibility index (Phi) is 5.79. The van der Waals surface area contributed by atoms with E-state index in [4.69, 9.17) is 5.53 Å². The number of benzene rings is 3. The van der Waals surface area contributed by atoms with Gasteiger partial charge in [0.05, 0.1) is 16.0 Å². The Balaban J connectivity index is 1.88. The first-order valence-electron chi connectivity index (χ1n) is 9.86. The van der Waals surface area contributed by atoms with Gasteiger partial charge in [-0.2, -0.15) is 0 Å². The quantitative estimate of drug-likeness (QED) is 0.183. The van der Waals surface area contributed by atoms with Crippen molar-refractivity contribution in [3.63, 3.8) is 0 Å². The van der Waals surface area contributed by atoms with E-state index in [0.29, 0.717) is 0 Å². The standard InChI is InChI=1S/C24H22N4OS/c1-17(27-28-25)21-22(29)26-23(21)30-24(18-11-5-2-6-12-18,19-13-7-3-8-14-19)20-15-9-4-10-16-20/h2-17,21,23H,1H3,(H,26,29). The van der Waals surface area contributed by atoms with Gasteiger partial charge in [-0.05, 0) is 22.2 Å². The van der Waals surface area contributed by atoms with Crippen LogP contribution >= 0.6 is 11.8 Å². The Labute approximate surface area is 180 Å². The number of carbonyl (C=O) groups is 1. The van der Waals surface area contributed by atoms with Crippen LogP contribution in [0.25, 0.3) is 10.4 Å². The van der Waals surface area contributed by atoms with Gasteiger partial charge in [0.25, 0.3) is 0 Å². The van der Waals surface area contributed by atoms with E-state index in [1.807, 2.05) is 54.6 Å². The highest BCUT2D eigenvalue weighted by Crippen LogP contribution is 2.52. The monoisotopic (exact) mass is 414 g/mol. The number of azide groups is 1. The fourth-order valence-electron chi connectivity index (χ4n) is 4.01. The zero-order chi connectivity index (χ0) is 21.0. The second-order valence-electron chi connectivity index (χ2n) is 7.30. The molecule has 1 N–H and O–H groups in total. The van der Waals surface area contributed by atoms with Gasteiger partial charge in [0.15, 0.2) is 0 Å². The van der Waals surface area contributed by atoms with Crippen molar-refractivity contribution in [2.24, 2.45) is 11.0 Å². The van der Waals surface area contributed by atoms with Crippen molar-refractivity contribution in [1.82, 2.24) is 5.32 Å². The molecule has 1 heterocycles. The van der Waals surface area contributed by atoms with E-state index >= 15 is 0 Å². The summed E-state index contributed by atoms with van der Waals surface area (Å²) in [5.74, 6) is -0.447. The van der Waals surface area contributed by atoms with Crippen molar-refractivity contribution in [1.29, 1.82) is 0 Å². The Bertz CT molecular complexity index is 956. The summed E-state index contributed by atoms with van der Waals surface area (Å²) in [6.45, 7) is 1.80. The lowest BCUT2D eigenvalue weighted by atomic mass is 9.84. The normalized spacial score (nSPS) is 19.2. The fourth-order valence-corrected chi connectivity index (χ4v) is 5.88. The molecule has 0 saturated carbocycles. The molecule has 5 nitrogen and oxygen atoms in total. The second-order valence-corrected chi connectivity index (χ2v) is 8.65. The van der Waals surface area contributed by atoms with Gasteiger partial charge in [0.1, 0.15) is 0 Å². The molecule has 150 valence electrons. The molecule has 1 saturated heterocycles. The lowest BCUT2D eigenvalue weighted by Crippen LogP contribution is -2.61. The summed E-state index contributed by atoms with van der Waals surface area (Å²) >= 11 is 1.69. The fraction of sp³-hybridized carbons (Fsp3) is 0.208. The van der Waals surface area contributed by atoms with Crippen molar-refractivity contribution >= 4 is 17.7 Å². The minimum absolute atomic E-state index is 0.0736. The average Bonchev–Trinajstić information content (AvgIpc) is 2.78. The van der Waals surface area contributed by atoms with E-state index in [1.165, 1.54) is 0 Å². The highest BCUT2D eigenvalue weighted by Gasteiger charge is 2.49. The summed E-state index contributed by atoms with van der Waals surface area (Å²) in [5.41, 5.74) is 12.2. The maximum atomic E-state index is 12.3. The third-order valence-corrected chi connectivity index (χ3v) is 7.24. The van der Waals surface area contributed by atoms with Crippen LogP contribution in [-0.4, -0.2) is 17.3 Å². The molecule has 1 fully saturated rings. The summed E-state index contributed by atoms with van der Waals surface area (Å²) < 4.78 is -0.531. The first kappa shape index (κ1) is 20.1. The number of amides is 1. The van der Waals surface area contributed by atoms with E-state index in [-0.39, 0.29) is 17.2 Å². The number of carbonyl (C=O) groups excluding carboxylic acids is 1. The van der Waals surface area contributed by atoms with Crippen LogP contribution in [0.3, 0.4) is 0 Å². The third-order valence-electron chi connectivity index (χ3n) is 5.51. The SMILES string of the molecule is CC(N=[N+]=[N-])C1C(=O)NC1SC(c1ccccc1)(c1ccccc1)c1ccccc1. The lowest BCUT2D eigenvalue weighted by Gasteiger charge is -2.45. The third kappa shape index (κ3) is 3.56. The Morgan fingerprint density at radius 1 is 0.900 bits per heavy atom. The second kappa shape index (κ2) is 8.66. The van der Waals surface area contributed by atoms with Crippen LogP contribution in [-0.2, 0) is 9.54 Å². The largest absolute Gasteiger partial charge is 0.343 e. The van der Waals surface area contributed by atoms with Crippen LogP contribution < -0.4 is 5.32 Å². The maximum Gasteiger partial charge on any atom is 0.227 e. The molecule has 0 aromatic heterocycles. The Morgan fingerprint density at radius 3 is 1.70 bits per heavy atom. The van der Waals surface area contributed by atoms with Gasteiger partial charge < -0.3 is 5.32 Å². The number of thioether (sulfide) groups is 1. The first-order chi connectivity index (χ1) is 14.7. The molecule has 1 aliphatic heterocycles. The van der Waals surface area contributed by atoms with E-state index in [0.717, 1.165) is 16.7 Å². The molecule has 1 aliphatic rings. The summed E-state index contributed by atoms with van der Waals surface area (Å²) in [6, 6.07) is 30.6. The summed E-state index contributed by atoms with van der Waals surface area (Å²) in [5, 5.41) is 6.66. The smallest absolute Gasteiger partial charge is 0.227 e. The molecule has 0 spiro atoms. The molecule has 30 heavy (non-hydrogen) atoms. The lowest BCUT2D eigenvalue weighted by molar-refractivity contribution is -0.132. The zero-order valence-corrected chi connectivity index (χ0v) is 17.4. The van der Waals surface area contributed by atoms with Crippen molar-refractivity contribution in [3.05, 3.63) is 118 Å². The molecule has 1 amide bonds. The van der Waals surface area contributed by atoms with Gasteiger partial charge in [-0.15, -0.1) is 11.8 Å². The van der Waals surface area contributed by atoms with Crippen molar-refractivity contribution in [3.8, 4) is 0 Å². The first-order valence-corrected chi connectivity index (χ1v) is 10.7. The van der Waals surface area contributed by atoms with Crippen LogP contribution in [0.4, 0.5) is 0 Å². The number of β-lactam (4-membered cyclic amide) rings is 1. The van der Waals surface area contributed by atoms with Crippen LogP contribution in [0.1, 0.15) is 23.6 Å². The van der Waals surface area contributed by atoms with Crippen molar-refractivity contribution in [2.75, 3.05) is 0 Å². The van der Waals surface area contributed by atoms with E-state index in [2.05, 4.69) is 51.7 Å². The van der Waals surface area contributed by atoms with Gasteiger partial charge >= 0.3 is 0 Å². The molecule has 6 heteroatoms. The van der Waals surface area contributed by atoms with Gasteiger partial charge in [-0.3, -0.25) is 4.79 Å². The van der Waals surface area contributed by atoms with Crippen LogP contribution in [0.15, 0.2) is 96.1 Å². The average molecular weight is 415 g/mol. The molecular formula is C24H22N4OS. The molecule has 3 aromatic rings. The molecule has 4 rings (SSSR count). The minimum Gasteiger partial charge on any atom is -0.343 e. The molecule has 3 atom stereocenters. The predicted molar refractivity (Wildman–Crippen MR) is 121 cm³/mol. The van der Waals surface area contributed by atoms with Crippen molar-refractivity contribution in [2.45, 2.75) is 23.1 Å². The zero-order valence-electron chi connectivity index (χ0n) is 16.6. The number of hydrogen-bond acceptors (Lipinski definition) is 3. The molecule has 0 aliphatic carbocycles. The van der Waals surface area contributed by atoms with Gasteiger partial charge in [-0.25, -0.2) is 0 Å². The Hall–Kier alpha value is -3.21. The van der Waals surface area contributed by atoms with Crippen molar-refractivity contribution < 1.29 is 4.79 Å². The van der Waals surface area contributed by atoms with Gasteiger partial charge in [0, 0.05) is 11.0 Å². The Morgan fingerprint density at radius 2 is 1.33 bits per heavy atom. The number of hydrogen-bond donors (Lipinski definition) is 1. The van der Waals surface area contributed by atoms with Crippen LogP contribution in [0, 0.1) is 5.92 Å². The topological polar surface area (TPSA) is 77.9 Å².